The molecule has 9 heteroatoms. The summed E-state index contributed by atoms with van der Waals surface area (Å²) in [5.74, 6) is -3.08. The highest BCUT2D eigenvalue weighted by Gasteiger charge is 2.68. The van der Waals surface area contributed by atoms with E-state index in [1.807, 2.05) is 12.2 Å². The Labute approximate surface area is 210 Å². The summed E-state index contributed by atoms with van der Waals surface area (Å²) in [6.45, 7) is -0.572. The van der Waals surface area contributed by atoms with E-state index in [4.69, 9.17) is 23.2 Å². The number of halogens is 3. The van der Waals surface area contributed by atoms with E-state index < -0.39 is 47.7 Å². The highest BCUT2D eigenvalue weighted by Crippen LogP contribution is 2.65. The first-order valence-corrected chi connectivity index (χ1v) is 12.1. The number of hydrazine groups is 1. The maximum atomic E-state index is 13.6. The van der Waals surface area contributed by atoms with Crippen molar-refractivity contribution < 1.29 is 23.6 Å². The molecule has 3 amide bonds. The van der Waals surface area contributed by atoms with Crippen molar-refractivity contribution in [2.75, 3.05) is 6.54 Å². The lowest BCUT2D eigenvalue weighted by Crippen LogP contribution is -2.52. The van der Waals surface area contributed by atoms with Crippen molar-refractivity contribution in [3.05, 3.63) is 81.6 Å². The maximum absolute atomic E-state index is 13.6. The molecular formula is C26H19Cl2FN2O4. The average Bonchev–Trinajstić information content (AvgIpc) is 3.63. The number of allylic oxidation sites excluding steroid dienone is 2. The third kappa shape index (κ3) is 3.44. The minimum atomic E-state index is -0.732. The molecule has 2 aromatic carbocycles. The van der Waals surface area contributed by atoms with E-state index in [1.54, 1.807) is 0 Å². The van der Waals surface area contributed by atoms with Gasteiger partial charge in [-0.15, -0.1) is 0 Å². The minimum Gasteiger partial charge on any atom is -0.292 e. The van der Waals surface area contributed by atoms with Gasteiger partial charge in [0, 0.05) is 11.1 Å². The van der Waals surface area contributed by atoms with Crippen LogP contribution in [0.15, 0.2) is 54.6 Å². The summed E-state index contributed by atoms with van der Waals surface area (Å²) in [4.78, 5) is 54.0. The molecule has 1 saturated heterocycles. The van der Waals surface area contributed by atoms with Gasteiger partial charge in [0.15, 0.2) is 5.78 Å². The van der Waals surface area contributed by atoms with Crippen LogP contribution in [-0.2, 0) is 9.59 Å². The maximum Gasteiger partial charge on any atom is 0.273 e. The standard InChI is InChI=1S/C26H19Cl2FN2O4/c27-19-8-3-13(9-20(19)28)24(33)30(11-21(32)12-1-4-14(29)5-2-12)31-25(34)22-15-6-7-16(18-10-17(15)18)23(22)26(31)35/h1-9,15-18,22-23H,10-11H2/t15-,16-,17-,18-,22-,23+/m0/s1. The predicted molar refractivity (Wildman–Crippen MR) is 125 cm³/mol. The molecule has 1 heterocycles. The molecule has 1 aliphatic heterocycles. The number of rotatable bonds is 5. The lowest BCUT2D eigenvalue weighted by molar-refractivity contribution is -0.154. The number of benzene rings is 2. The van der Waals surface area contributed by atoms with E-state index in [0.717, 1.165) is 28.6 Å². The zero-order valence-electron chi connectivity index (χ0n) is 18.2. The monoisotopic (exact) mass is 512 g/mol. The van der Waals surface area contributed by atoms with Crippen LogP contribution in [0.5, 0.6) is 0 Å². The first-order chi connectivity index (χ1) is 16.8. The van der Waals surface area contributed by atoms with Gasteiger partial charge in [0.2, 0.25) is 0 Å². The van der Waals surface area contributed by atoms with Crippen molar-refractivity contribution in [1.29, 1.82) is 0 Å². The van der Waals surface area contributed by atoms with Crippen LogP contribution in [0.2, 0.25) is 10.0 Å². The van der Waals surface area contributed by atoms with Crippen molar-refractivity contribution in [1.82, 2.24) is 10.0 Å². The summed E-state index contributed by atoms with van der Waals surface area (Å²) in [5.41, 5.74) is 0.226. The molecule has 35 heavy (non-hydrogen) atoms. The fourth-order valence-corrected chi connectivity index (χ4v) is 6.35. The number of carbonyl (C=O) groups excluding carboxylic acids is 4. The molecule has 0 unspecified atom stereocenters. The number of ketones is 1. The Morgan fingerprint density at radius 1 is 0.886 bits per heavy atom. The molecule has 7 rings (SSSR count). The largest absolute Gasteiger partial charge is 0.292 e. The van der Waals surface area contributed by atoms with Gasteiger partial charge in [-0.3, -0.25) is 19.2 Å². The van der Waals surface area contributed by atoms with Crippen LogP contribution in [0, 0.1) is 41.3 Å². The van der Waals surface area contributed by atoms with Gasteiger partial charge < -0.3 is 0 Å². The van der Waals surface area contributed by atoms with Gasteiger partial charge in [0.05, 0.1) is 21.9 Å². The van der Waals surface area contributed by atoms with Gasteiger partial charge in [0.1, 0.15) is 12.4 Å². The molecule has 0 radical (unpaired) electrons. The van der Waals surface area contributed by atoms with E-state index in [2.05, 4.69) is 0 Å². The van der Waals surface area contributed by atoms with Gasteiger partial charge in [0.25, 0.3) is 17.7 Å². The van der Waals surface area contributed by atoms with Gasteiger partial charge in [-0.25, -0.2) is 9.40 Å². The third-order valence-electron chi connectivity index (χ3n) is 7.74. The first kappa shape index (κ1) is 22.4. The molecule has 3 fully saturated rings. The van der Waals surface area contributed by atoms with E-state index in [-0.39, 0.29) is 33.0 Å². The van der Waals surface area contributed by atoms with Gasteiger partial charge in [-0.1, -0.05) is 35.4 Å². The Kier molecular flexibility index (Phi) is 5.13. The highest BCUT2D eigenvalue weighted by molar-refractivity contribution is 6.42. The second-order valence-corrected chi connectivity index (χ2v) is 10.4. The van der Waals surface area contributed by atoms with E-state index >= 15 is 0 Å². The summed E-state index contributed by atoms with van der Waals surface area (Å²) < 4.78 is 13.4. The van der Waals surface area contributed by atoms with E-state index in [9.17, 15) is 23.6 Å². The molecule has 2 aromatic rings. The Hall–Kier alpha value is -3.03. The van der Waals surface area contributed by atoms with Crippen LogP contribution >= 0.6 is 23.2 Å². The summed E-state index contributed by atoms with van der Waals surface area (Å²) in [6, 6.07) is 9.05. The Bertz CT molecular complexity index is 1290. The topological polar surface area (TPSA) is 74.8 Å². The van der Waals surface area contributed by atoms with Crippen molar-refractivity contribution in [2.45, 2.75) is 6.42 Å². The lowest BCUT2D eigenvalue weighted by Gasteiger charge is -2.37. The normalized spacial score (nSPS) is 29.7. The molecule has 0 spiro atoms. The Morgan fingerprint density at radius 3 is 2.03 bits per heavy atom. The van der Waals surface area contributed by atoms with Gasteiger partial charge >= 0.3 is 0 Å². The molecule has 5 aliphatic rings. The molecule has 6 nitrogen and oxygen atoms in total. The fraction of sp³-hybridized carbons (Fsp3) is 0.308. The quantitative estimate of drug-likeness (QED) is 0.337. The molecule has 6 atom stereocenters. The fourth-order valence-electron chi connectivity index (χ4n) is 6.05. The summed E-state index contributed by atoms with van der Waals surface area (Å²) in [5, 5.41) is 2.12. The number of Topliss-reactive ketones (excluding diaryl/α,β-unsaturated/α-hetero) is 1. The van der Waals surface area contributed by atoms with Crippen LogP contribution in [0.1, 0.15) is 27.1 Å². The van der Waals surface area contributed by atoms with Gasteiger partial charge in [-0.05, 0) is 72.6 Å². The molecule has 0 N–H and O–H groups in total. The molecule has 2 bridgehead atoms. The summed E-state index contributed by atoms with van der Waals surface area (Å²) in [7, 11) is 0. The molecule has 2 saturated carbocycles. The second kappa shape index (κ2) is 8.00. The SMILES string of the molecule is O=C(CN(C(=O)c1ccc(Cl)c(Cl)c1)N1C(=O)[C@@H]2[C@H]3C=C[C@@H]([C@@H]4C[C@@H]34)[C@@H]2C1=O)c1ccc(F)cc1. The predicted octanol–water partition coefficient (Wildman–Crippen LogP) is 4.43. The first-order valence-electron chi connectivity index (χ1n) is 11.4. The van der Waals surface area contributed by atoms with E-state index in [0.29, 0.717) is 11.8 Å². The zero-order chi connectivity index (χ0) is 24.6. The van der Waals surface area contributed by atoms with Crippen LogP contribution in [0.4, 0.5) is 4.39 Å². The summed E-state index contributed by atoms with van der Waals surface area (Å²) in [6.07, 6.45) is 5.07. The second-order valence-electron chi connectivity index (χ2n) is 9.56. The Morgan fingerprint density at radius 2 is 1.46 bits per heavy atom. The molecule has 4 aliphatic carbocycles. The number of carbonyl (C=O) groups is 4. The third-order valence-corrected chi connectivity index (χ3v) is 8.48. The van der Waals surface area contributed by atoms with Crippen LogP contribution < -0.4 is 0 Å². The molecule has 178 valence electrons. The van der Waals surface area contributed by atoms with Crippen molar-refractivity contribution in [2.24, 2.45) is 35.5 Å². The van der Waals surface area contributed by atoms with Crippen LogP contribution in [0.3, 0.4) is 0 Å². The number of nitrogens with zero attached hydrogens (tertiary/aromatic N) is 2. The van der Waals surface area contributed by atoms with Crippen molar-refractivity contribution >= 4 is 46.7 Å². The number of hydrogen-bond donors (Lipinski definition) is 0. The minimum absolute atomic E-state index is 0.0359. The number of hydrogen-bond acceptors (Lipinski definition) is 4. The lowest BCUT2D eigenvalue weighted by atomic mass is 9.63. The molecular weight excluding hydrogens is 494 g/mol. The van der Waals surface area contributed by atoms with Crippen LogP contribution in [0.25, 0.3) is 0 Å². The summed E-state index contributed by atoms with van der Waals surface area (Å²) >= 11 is 12.1. The molecule has 0 aromatic heterocycles. The van der Waals surface area contributed by atoms with Crippen molar-refractivity contribution in [3.8, 4) is 0 Å². The number of amides is 3. The number of imide groups is 1. The highest BCUT2D eigenvalue weighted by atomic mass is 35.5. The van der Waals surface area contributed by atoms with Gasteiger partial charge in [-0.2, -0.15) is 5.01 Å². The smallest absolute Gasteiger partial charge is 0.273 e. The Balaban J connectivity index is 1.37. The zero-order valence-corrected chi connectivity index (χ0v) is 19.7. The van der Waals surface area contributed by atoms with Crippen LogP contribution in [-0.4, -0.2) is 40.1 Å². The van der Waals surface area contributed by atoms with Crippen molar-refractivity contribution in [3.63, 3.8) is 0 Å². The van der Waals surface area contributed by atoms with E-state index in [1.165, 1.54) is 30.3 Å². The average molecular weight is 513 g/mol.